The fraction of sp³-hybridized carbons (Fsp3) is 0.0769. The van der Waals surface area contributed by atoms with Gasteiger partial charge in [0.1, 0.15) is 0 Å². The lowest BCUT2D eigenvalue weighted by atomic mass is 10.2. The molecular formula is C13H10BrClN4. The summed E-state index contributed by atoms with van der Waals surface area (Å²) in [6.45, 7) is 1.96. The van der Waals surface area contributed by atoms with E-state index in [2.05, 4.69) is 26.0 Å². The molecule has 0 aliphatic carbocycles. The summed E-state index contributed by atoms with van der Waals surface area (Å²) in [4.78, 5) is 4.36. The second kappa shape index (κ2) is 4.51. The van der Waals surface area contributed by atoms with Gasteiger partial charge in [-0.2, -0.15) is 0 Å². The summed E-state index contributed by atoms with van der Waals surface area (Å²) in [5.41, 5.74) is 8.49. The number of hydrogen-bond donors (Lipinski definition) is 1. The van der Waals surface area contributed by atoms with Gasteiger partial charge in [0, 0.05) is 15.7 Å². The van der Waals surface area contributed by atoms with Crippen molar-refractivity contribution in [2.75, 3.05) is 5.73 Å². The second-order valence-corrected chi connectivity index (χ2v) is 5.58. The van der Waals surface area contributed by atoms with Crippen molar-refractivity contribution < 1.29 is 0 Å². The van der Waals surface area contributed by atoms with Gasteiger partial charge < -0.3 is 5.73 Å². The van der Waals surface area contributed by atoms with Crippen molar-refractivity contribution >= 4 is 44.4 Å². The first-order chi connectivity index (χ1) is 9.06. The number of aromatic nitrogens is 3. The van der Waals surface area contributed by atoms with Crippen molar-refractivity contribution in [1.82, 2.24) is 14.8 Å². The number of nitrogens with zero attached hydrogens (tertiary/aromatic N) is 3. The van der Waals surface area contributed by atoms with Crippen LogP contribution in [0.5, 0.6) is 0 Å². The van der Waals surface area contributed by atoms with E-state index in [0.717, 1.165) is 21.1 Å². The lowest BCUT2D eigenvalue weighted by molar-refractivity contribution is 0.902. The largest absolute Gasteiger partial charge is 0.382 e. The minimum atomic E-state index is 0.445. The number of hydrogen-bond acceptors (Lipinski definition) is 3. The van der Waals surface area contributed by atoms with E-state index < -0.39 is 0 Å². The van der Waals surface area contributed by atoms with Gasteiger partial charge in [0.15, 0.2) is 11.5 Å². The number of benzene rings is 1. The van der Waals surface area contributed by atoms with Gasteiger partial charge in [0.05, 0.1) is 11.1 Å². The Kier molecular flexibility index (Phi) is 2.95. The highest BCUT2D eigenvalue weighted by molar-refractivity contribution is 9.10. The minimum absolute atomic E-state index is 0.445. The van der Waals surface area contributed by atoms with E-state index in [-0.39, 0.29) is 0 Å². The zero-order valence-electron chi connectivity index (χ0n) is 10.1. The van der Waals surface area contributed by atoms with Crippen molar-refractivity contribution in [2.45, 2.75) is 6.92 Å². The van der Waals surface area contributed by atoms with Crippen LogP contribution in [0.3, 0.4) is 0 Å². The van der Waals surface area contributed by atoms with Gasteiger partial charge in [0.2, 0.25) is 0 Å². The summed E-state index contributed by atoms with van der Waals surface area (Å²) in [6.07, 6.45) is 1.72. The smallest absolute Gasteiger partial charge is 0.165 e. The summed E-state index contributed by atoms with van der Waals surface area (Å²) in [7, 11) is 0. The highest BCUT2D eigenvalue weighted by atomic mass is 79.9. The van der Waals surface area contributed by atoms with Crippen molar-refractivity contribution in [3.05, 3.63) is 45.5 Å². The predicted octanol–water partition coefficient (Wildman–Crippen LogP) is 3.73. The minimum Gasteiger partial charge on any atom is -0.382 e. The second-order valence-electron chi connectivity index (χ2n) is 4.26. The molecule has 0 aliphatic heterocycles. The highest BCUT2D eigenvalue weighted by Gasteiger charge is 2.12. The molecule has 0 saturated carbocycles. The fourth-order valence-electron chi connectivity index (χ4n) is 1.89. The molecule has 96 valence electrons. The van der Waals surface area contributed by atoms with Gasteiger partial charge in [-0.3, -0.25) is 0 Å². The third-order valence-corrected chi connectivity index (χ3v) is 3.76. The Balaban J connectivity index is 2.28. The summed E-state index contributed by atoms with van der Waals surface area (Å²) in [5, 5.41) is 5.83. The van der Waals surface area contributed by atoms with Crippen LogP contribution in [0.15, 0.2) is 34.9 Å². The number of pyridine rings is 1. The van der Waals surface area contributed by atoms with Crippen LogP contribution in [0.2, 0.25) is 5.02 Å². The van der Waals surface area contributed by atoms with Crippen LogP contribution in [0, 0.1) is 6.92 Å². The Morgan fingerprint density at radius 1 is 1.32 bits per heavy atom. The average Bonchev–Trinajstić information content (AvgIpc) is 2.70. The monoisotopic (exact) mass is 336 g/mol. The van der Waals surface area contributed by atoms with E-state index in [0.29, 0.717) is 16.5 Å². The number of fused-ring (bicyclic) bond motifs is 1. The Morgan fingerprint density at radius 3 is 2.84 bits per heavy atom. The molecule has 0 fully saturated rings. The van der Waals surface area contributed by atoms with E-state index in [1.54, 1.807) is 10.9 Å². The Bertz CT molecular complexity index is 782. The first kappa shape index (κ1) is 12.4. The molecule has 0 saturated heterocycles. The molecule has 6 heteroatoms. The molecule has 2 heterocycles. The van der Waals surface area contributed by atoms with Crippen LogP contribution in [-0.4, -0.2) is 14.8 Å². The molecule has 3 rings (SSSR count). The number of rotatable bonds is 1. The van der Waals surface area contributed by atoms with Crippen LogP contribution in [0.25, 0.3) is 16.7 Å². The SMILES string of the molecule is Cc1ccc(-n2nc(N)c3cc(Br)cnc32)cc1Cl. The molecule has 4 nitrogen and oxygen atoms in total. The normalized spacial score (nSPS) is 11.1. The van der Waals surface area contributed by atoms with E-state index >= 15 is 0 Å². The standard InChI is InChI=1S/C13H10BrClN4/c1-7-2-3-9(5-11(7)15)19-13-10(12(16)18-19)4-8(14)6-17-13/h2-6H,1H3,(H2,16,18). The van der Waals surface area contributed by atoms with Crippen LogP contribution < -0.4 is 5.73 Å². The average molecular weight is 338 g/mol. The lowest BCUT2D eigenvalue weighted by Gasteiger charge is -2.04. The maximum absolute atomic E-state index is 6.15. The quantitative estimate of drug-likeness (QED) is 0.736. The van der Waals surface area contributed by atoms with Crippen molar-refractivity contribution in [3.63, 3.8) is 0 Å². The topological polar surface area (TPSA) is 56.7 Å². The first-order valence-corrected chi connectivity index (χ1v) is 6.79. The Labute approximate surface area is 123 Å². The molecule has 0 bridgehead atoms. The lowest BCUT2D eigenvalue weighted by Crippen LogP contribution is -1.98. The predicted molar refractivity (Wildman–Crippen MR) is 80.7 cm³/mol. The van der Waals surface area contributed by atoms with Crippen LogP contribution in [0.1, 0.15) is 5.56 Å². The number of halogens is 2. The van der Waals surface area contributed by atoms with E-state index in [9.17, 15) is 0 Å². The zero-order chi connectivity index (χ0) is 13.6. The molecule has 3 aromatic rings. The van der Waals surface area contributed by atoms with Gasteiger partial charge in [0.25, 0.3) is 0 Å². The van der Waals surface area contributed by atoms with Crippen LogP contribution in [-0.2, 0) is 0 Å². The maximum Gasteiger partial charge on any atom is 0.165 e. The number of aryl methyl sites for hydroxylation is 1. The number of nitrogen functional groups attached to an aromatic ring is 1. The Hall–Kier alpha value is -1.59. The van der Waals surface area contributed by atoms with Crippen molar-refractivity contribution in [3.8, 4) is 5.69 Å². The molecular weight excluding hydrogens is 328 g/mol. The molecule has 2 aromatic heterocycles. The highest BCUT2D eigenvalue weighted by Crippen LogP contribution is 2.26. The van der Waals surface area contributed by atoms with E-state index in [4.69, 9.17) is 17.3 Å². The zero-order valence-corrected chi connectivity index (χ0v) is 12.4. The fourth-order valence-corrected chi connectivity index (χ4v) is 2.40. The molecule has 0 amide bonds. The van der Waals surface area contributed by atoms with Gasteiger partial charge in [-0.15, -0.1) is 5.10 Å². The maximum atomic E-state index is 6.15. The van der Waals surface area contributed by atoms with Gasteiger partial charge in [-0.1, -0.05) is 17.7 Å². The molecule has 0 radical (unpaired) electrons. The molecule has 0 unspecified atom stereocenters. The van der Waals surface area contributed by atoms with Gasteiger partial charge in [-0.05, 0) is 46.6 Å². The van der Waals surface area contributed by atoms with E-state index in [1.165, 1.54) is 0 Å². The van der Waals surface area contributed by atoms with Gasteiger partial charge in [-0.25, -0.2) is 9.67 Å². The van der Waals surface area contributed by atoms with Crippen molar-refractivity contribution in [2.24, 2.45) is 0 Å². The van der Waals surface area contributed by atoms with Gasteiger partial charge >= 0.3 is 0 Å². The van der Waals surface area contributed by atoms with Crippen molar-refractivity contribution in [1.29, 1.82) is 0 Å². The van der Waals surface area contributed by atoms with Crippen LogP contribution in [0.4, 0.5) is 5.82 Å². The molecule has 0 atom stereocenters. The first-order valence-electron chi connectivity index (χ1n) is 5.62. The number of nitrogens with two attached hydrogens (primary N) is 1. The molecule has 19 heavy (non-hydrogen) atoms. The summed E-state index contributed by atoms with van der Waals surface area (Å²) < 4.78 is 2.57. The molecule has 1 aromatic carbocycles. The third-order valence-electron chi connectivity index (χ3n) is 2.92. The molecule has 0 spiro atoms. The molecule has 2 N–H and O–H groups in total. The summed E-state index contributed by atoms with van der Waals surface area (Å²) in [5.74, 6) is 0.445. The summed E-state index contributed by atoms with van der Waals surface area (Å²) >= 11 is 9.52. The Morgan fingerprint density at radius 2 is 2.11 bits per heavy atom. The van der Waals surface area contributed by atoms with Crippen LogP contribution >= 0.6 is 27.5 Å². The third kappa shape index (κ3) is 2.09. The summed E-state index contributed by atoms with van der Waals surface area (Å²) in [6, 6.07) is 7.64. The molecule has 0 aliphatic rings. The number of anilines is 1. The van der Waals surface area contributed by atoms with E-state index in [1.807, 2.05) is 31.2 Å².